The molecule has 0 saturated carbocycles. The first-order valence-corrected chi connectivity index (χ1v) is 13.0. The van der Waals surface area contributed by atoms with Gasteiger partial charge in [0.15, 0.2) is 9.84 Å². The summed E-state index contributed by atoms with van der Waals surface area (Å²) in [7, 11) is -3.32. The number of benzene rings is 2. The number of rotatable bonds is 6. The second-order valence-electron chi connectivity index (χ2n) is 8.63. The number of fused-ring (bicyclic) bond motifs is 2. The van der Waals surface area contributed by atoms with Crippen LogP contribution in [0.4, 0.5) is 11.5 Å². The Morgan fingerprint density at radius 1 is 1.12 bits per heavy atom. The molecule has 7 heteroatoms. The molecule has 2 heterocycles. The Balaban J connectivity index is 1.79. The first kappa shape index (κ1) is 22.6. The molecule has 4 rings (SSSR count). The van der Waals surface area contributed by atoms with E-state index in [0.29, 0.717) is 18.0 Å². The molecule has 2 atom stereocenters. The van der Waals surface area contributed by atoms with Gasteiger partial charge in [-0.3, -0.25) is 0 Å². The molecule has 32 heavy (non-hydrogen) atoms. The van der Waals surface area contributed by atoms with Crippen molar-refractivity contribution >= 4 is 32.2 Å². The van der Waals surface area contributed by atoms with Crippen molar-refractivity contribution in [3.63, 3.8) is 0 Å². The molecular formula is C25H32N4O2S. The second kappa shape index (κ2) is 9.08. The van der Waals surface area contributed by atoms with Crippen LogP contribution in [0.5, 0.6) is 0 Å². The van der Waals surface area contributed by atoms with Crippen molar-refractivity contribution in [1.29, 1.82) is 0 Å². The summed E-state index contributed by atoms with van der Waals surface area (Å²) in [5.41, 5.74) is 10.2. The van der Waals surface area contributed by atoms with E-state index in [1.165, 1.54) is 0 Å². The van der Waals surface area contributed by atoms with Gasteiger partial charge in [0.25, 0.3) is 0 Å². The predicted molar refractivity (Wildman–Crippen MR) is 132 cm³/mol. The summed E-state index contributed by atoms with van der Waals surface area (Å²) in [6.07, 6.45) is 1.80. The number of sulfone groups is 1. The summed E-state index contributed by atoms with van der Waals surface area (Å²) in [4.78, 5) is 7.41. The van der Waals surface area contributed by atoms with E-state index in [1.807, 2.05) is 24.3 Å². The van der Waals surface area contributed by atoms with Crippen LogP contribution in [0.2, 0.25) is 0 Å². The average molecular weight is 453 g/mol. The third-order valence-electron chi connectivity index (χ3n) is 6.34. The zero-order chi connectivity index (χ0) is 22.9. The fraction of sp³-hybridized carbons (Fsp3) is 0.400. The minimum atomic E-state index is -3.32. The quantitative estimate of drug-likeness (QED) is 0.581. The number of aromatic nitrogens is 1. The number of aryl methyl sites for hydroxylation is 1. The van der Waals surface area contributed by atoms with Crippen molar-refractivity contribution in [2.24, 2.45) is 5.73 Å². The number of nitrogens with zero attached hydrogens (tertiary/aromatic N) is 2. The van der Waals surface area contributed by atoms with Crippen LogP contribution in [-0.4, -0.2) is 37.8 Å². The molecule has 0 radical (unpaired) electrons. The van der Waals surface area contributed by atoms with Gasteiger partial charge in [-0.15, -0.1) is 0 Å². The molecule has 3 N–H and O–H groups in total. The van der Waals surface area contributed by atoms with Crippen molar-refractivity contribution in [3.8, 4) is 0 Å². The Labute approximate surface area is 190 Å². The Bertz CT molecular complexity index is 1230. The average Bonchev–Trinajstić information content (AvgIpc) is 2.93. The minimum Gasteiger partial charge on any atom is -0.380 e. The molecule has 0 amide bonds. The van der Waals surface area contributed by atoms with Crippen molar-refractivity contribution in [3.05, 3.63) is 59.7 Å². The van der Waals surface area contributed by atoms with Crippen molar-refractivity contribution in [2.45, 2.75) is 57.1 Å². The smallest absolute Gasteiger partial charge is 0.180 e. The molecule has 0 spiro atoms. The van der Waals surface area contributed by atoms with Gasteiger partial charge in [0.1, 0.15) is 5.82 Å². The molecule has 1 aliphatic heterocycles. The van der Waals surface area contributed by atoms with Gasteiger partial charge in [-0.05, 0) is 43.5 Å². The zero-order valence-electron chi connectivity index (χ0n) is 19.0. The highest BCUT2D eigenvalue weighted by Gasteiger charge is 2.26. The second-order valence-corrected chi connectivity index (χ2v) is 10.7. The van der Waals surface area contributed by atoms with Gasteiger partial charge in [-0.25, -0.2) is 13.4 Å². The van der Waals surface area contributed by atoms with Gasteiger partial charge in [0, 0.05) is 42.3 Å². The van der Waals surface area contributed by atoms with Crippen LogP contribution in [0.3, 0.4) is 0 Å². The van der Waals surface area contributed by atoms with Crippen LogP contribution in [-0.2, 0) is 16.4 Å². The molecule has 0 bridgehead atoms. The lowest BCUT2D eigenvalue weighted by Gasteiger charge is -2.27. The number of anilines is 2. The summed E-state index contributed by atoms with van der Waals surface area (Å²) in [5.74, 6) is 0.842. The van der Waals surface area contributed by atoms with E-state index in [2.05, 4.69) is 43.1 Å². The molecule has 1 aliphatic rings. The van der Waals surface area contributed by atoms with Crippen LogP contribution < -0.4 is 16.0 Å². The third kappa shape index (κ3) is 4.45. The number of hydrogen-bond acceptors (Lipinski definition) is 6. The van der Waals surface area contributed by atoms with Gasteiger partial charge < -0.3 is 16.0 Å². The fourth-order valence-electron chi connectivity index (χ4n) is 4.36. The molecule has 0 aliphatic carbocycles. The van der Waals surface area contributed by atoms with Crippen LogP contribution in [0, 0.1) is 6.92 Å². The maximum Gasteiger partial charge on any atom is 0.180 e. The van der Waals surface area contributed by atoms with E-state index >= 15 is 0 Å². The fourth-order valence-corrected chi connectivity index (χ4v) is 5.86. The van der Waals surface area contributed by atoms with Gasteiger partial charge in [0.05, 0.1) is 16.2 Å². The van der Waals surface area contributed by atoms with E-state index in [-0.39, 0.29) is 17.8 Å². The van der Waals surface area contributed by atoms with Gasteiger partial charge in [0.2, 0.25) is 0 Å². The molecule has 170 valence electrons. The summed E-state index contributed by atoms with van der Waals surface area (Å²) in [5, 5.41) is 4.72. The Kier molecular flexibility index (Phi) is 6.40. The third-order valence-corrected chi connectivity index (χ3v) is 8.13. The van der Waals surface area contributed by atoms with E-state index in [1.54, 1.807) is 12.1 Å². The lowest BCUT2D eigenvalue weighted by molar-refractivity contribution is 0.529. The number of nitrogens with one attached hydrogen (secondary N) is 1. The highest BCUT2D eigenvalue weighted by molar-refractivity contribution is 7.91. The highest BCUT2D eigenvalue weighted by Crippen LogP contribution is 2.32. The van der Waals surface area contributed by atoms with Crippen molar-refractivity contribution in [1.82, 2.24) is 4.98 Å². The summed E-state index contributed by atoms with van der Waals surface area (Å²) >= 11 is 0. The predicted octanol–water partition coefficient (Wildman–Crippen LogP) is 4.26. The van der Waals surface area contributed by atoms with Gasteiger partial charge in [-0.1, -0.05) is 43.7 Å². The van der Waals surface area contributed by atoms with E-state index in [0.717, 1.165) is 46.4 Å². The largest absolute Gasteiger partial charge is 0.380 e. The van der Waals surface area contributed by atoms with Crippen LogP contribution >= 0.6 is 0 Å². The van der Waals surface area contributed by atoms with Crippen molar-refractivity contribution in [2.75, 3.05) is 22.5 Å². The summed E-state index contributed by atoms with van der Waals surface area (Å²) in [6, 6.07) is 15.7. The highest BCUT2D eigenvalue weighted by atomic mass is 32.2. The molecule has 1 aromatic heterocycles. The Hall–Kier alpha value is -2.64. The van der Waals surface area contributed by atoms with Crippen LogP contribution in [0.1, 0.15) is 37.8 Å². The minimum absolute atomic E-state index is 0.0479. The molecular weight excluding hydrogens is 420 g/mol. The van der Waals surface area contributed by atoms with Gasteiger partial charge in [-0.2, -0.15) is 0 Å². The van der Waals surface area contributed by atoms with Crippen LogP contribution in [0.25, 0.3) is 10.9 Å². The monoisotopic (exact) mass is 452 g/mol. The first-order valence-electron chi connectivity index (χ1n) is 11.3. The molecule has 2 unspecified atom stereocenters. The van der Waals surface area contributed by atoms with Crippen LogP contribution in [0.15, 0.2) is 53.4 Å². The van der Waals surface area contributed by atoms with Crippen molar-refractivity contribution < 1.29 is 8.42 Å². The maximum atomic E-state index is 12.8. The number of pyridine rings is 1. The number of nitrogens with two attached hydrogens (primary N) is 1. The molecule has 0 fully saturated rings. The molecule has 3 aromatic rings. The SMILES string of the molecule is CCC(N)C(CC)Nc1cc(N2CCS(=O)(=O)c3ccccc3C2)nc2ccc(C)cc12. The topological polar surface area (TPSA) is 88.3 Å². The Morgan fingerprint density at radius 2 is 1.91 bits per heavy atom. The van der Waals surface area contributed by atoms with E-state index < -0.39 is 9.84 Å². The first-order chi connectivity index (χ1) is 15.3. The standard InChI is InChI=1S/C25H32N4O2S/c1-4-20(26)21(5-2)27-23-15-25(28-22-11-10-17(3)14-19(22)23)29-12-13-32(30,31)24-9-7-6-8-18(24)16-29/h6-11,14-15,20-21H,4-5,12-13,16,26H2,1-3H3,(H,27,28). The Morgan fingerprint density at radius 3 is 2.66 bits per heavy atom. The normalized spacial score (nSPS) is 17.4. The van der Waals surface area contributed by atoms with Gasteiger partial charge >= 0.3 is 0 Å². The lowest BCUT2D eigenvalue weighted by atomic mass is 10.0. The number of hydrogen-bond donors (Lipinski definition) is 2. The zero-order valence-corrected chi connectivity index (χ0v) is 19.8. The summed E-state index contributed by atoms with van der Waals surface area (Å²) < 4.78 is 25.6. The van der Waals surface area contributed by atoms with E-state index in [4.69, 9.17) is 10.7 Å². The molecule has 2 aromatic carbocycles. The maximum absolute atomic E-state index is 12.8. The molecule has 0 saturated heterocycles. The van der Waals surface area contributed by atoms with E-state index in [9.17, 15) is 8.42 Å². The molecule has 6 nitrogen and oxygen atoms in total. The lowest BCUT2D eigenvalue weighted by Crippen LogP contribution is -2.39. The summed E-state index contributed by atoms with van der Waals surface area (Å²) in [6.45, 7) is 7.21.